The van der Waals surface area contributed by atoms with Crippen molar-refractivity contribution in [1.29, 1.82) is 0 Å². The SMILES string of the molecule is [Cr+3].[Mg+2].[O-2].[O-2].[O-2].[O]=[Cu].[Zn+2]. The summed E-state index contributed by atoms with van der Waals surface area (Å²) in [5.74, 6) is 0. The van der Waals surface area contributed by atoms with E-state index in [4.69, 9.17) is 3.83 Å². The zero-order chi connectivity index (χ0) is 2.00. The molecular weight excluding hydrogens is 269 g/mol. The number of hydrogen-bond donors (Lipinski definition) is 0. The zero-order valence-electron chi connectivity index (χ0n) is 3.76. The summed E-state index contributed by atoms with van der Waals surface area (Å²) >= 11 is 2.94. The Morgan fingerprint density at radius 3 is 0.875 bits per heavy atom. The van der Waals surface area contributed by atoms with Gasteiger partial charge in [0.05, 0.1) is 0 Å². The molecule has 0 saturated carbocycles. The number of hydrogen-bond acceptors (Lipinski definition) is 1. The van der Waals surface area contributed by atoms with Gasteiger partial charge in [-0.1, -0.05) is 0 Å². The van der Waals surface area contributed by atoms with Crippen molar-refractivity contribution in [2.75, 3.05) is 0 Å². The molecule has 0 heterocycles. The predicted molar refractivity (Wildman–Crippen MR) is 8.50 cm³/mol. The van der Waals surface area contributed by atoms with E-state index in [0.717, 1.165) is 0 Å². The number of rotatable bonds is 0. The Morgan fingerprint density at radius 1 is 0.875 bits per heavy atom. The van der Waals surface area contributed by atoms with Gasteiger partial charge in [0.15, 0.2) is 0 Å². The van der Waals surface area contributed by atoms with E-state index in [0.29, 0.717) is 0 Å². The molecule has 0 bridgehead atoms. The molecule has 8 heteroatoms. The smallest absolute Gasteiger partial charge is 2.00 e. The first-order valence-electron chi connectivity index (χ1n) is 0.123. The van der Waals surface area contributed by atoms with Crippen molar-refractivity contribution in [3.05, 3.63) is 0 Å². The second kappa shape index (κ2) is 134. The third-order valence-corrected chi connectivity index (χ3v) is 0. The van der Waals surface area contributed by atoms with Crippen LogP contribution in [0.3, 0.4) is 0 Å². The van der Waals surface area contributed by atoms with E-state index < -0.39 is 0 Å². The second-order valence-corrected chi connectivity index (χ2v) is 0. The molecule has 0 aromatic carbocycles. The van der Waals surface area contributed by atoms with Crippen molar-refractivity contribution < 1.29 is 73.0 Å². The summed E-state index contributed by atoms with van der Waals surface area (Å²) in [6.45, 7) is 0. The van der Waals surface area contributed by atoms with Crippen LogP contribution in [-0.2, 0) is 73.0 Å². The van der Waals surface area contributed by atoms with Crippen LogP contribution in [-0.4, -0.2) is 23.1 Å². The van der Waals surface area contributed by atoms with Crippen LogP contribution >= 0.6 is 0 Å². The van der Waals surface area contributed by atoms with Gasteiger partial charge in [-0.25, -0.2) is 0 Å². The molecular formula is CrCuMgO4Zn+. The Balaban J connectivity index is -0.000000000333. The Hall–Kier alpha value is 2.12. The maximum Gasteiger partial charge on any atom is 2.00 e. The van der Waals surface area contributed by atoms with E-state index >= 15 is 0 Å². The fourth-order valence-corrected chi connectivity index (χ4v) is 0. The fraction of sp³-hybridized carbons (Fsp3) is 0. The van der Waals surface area contributed by atoms with Gasteiger partial charge in [-0.2, -0.15) is 0 Å². The first kappa shape index (κ1) is 86.4. The summed E-state index contributed by atoms with van der Waals surface area (Å²) in [5.41, 5.74) is 0. The quantitative estimate of drug-likeness (QED) is 0.524. The molecule has 0 aliphatic heterocycles. The van der Waals surface area contributed by atoms with Crippen LogP contribution in [0.15, 0.2) is 0 Å². The molecule has 1 radical (unpaired) electrons. The minimum Gasteiger partial charge on any atom is 2.00 e. The van der Waals surface area contributed by atoms with Gasteiger partial charge < -0.3 is 16.4 Å². The molecule has 0 aliphatic rings. The van der Waals surface area contributed by atoms with E-state index in [2.05, 4.69) is 15.9 Å². The van der Waals surface area contributed by atoms with Crippen LogP contribution < -0.4 is 0 Å². The fourth-order valence-electron chi connectivity index (χ4n) is 0. The van der Waals surface area contributed by atoms with Crippen molar-refractivity contribution in [2.45, 2.75) is 0 Å². The van der Waals surface area contributed by atoms with E-state index in [1.807, 2.05) is 0 Å². The zero-order valence-corrected chi connectivity index (χ0v) is 10.4. The van der Waals surface area contributed by atoms with Gasteiger partial charge in [0.25, 0.3) is 0 Å². The normalized spacial score (nSPS) is 0.750. The molecule has 0 amide bonds. The molecule has 0 aromatic rings. The first-order chi connectivity index (χ1) is 1.00. The topological polar surface area (TPSA) is 103 Å². The minimum atomic E-state index is 0. The molecule has 44 valence electrons. The summed E-state index contributed by atoms with van der Waals surface area (Å²) in [6.07, 6.45) is 0. The predicted octanol–water partition coefficient (Wildman–Crippen LogP) is -0.863. The summed E-state index contributed by atoms with van der Waals surface area (Å²) in [5, 5.41) is 0. The van der Waals surface area contributed by atoms with Crippen LogP contribution in [0.25, 0.3) is 0 Å². The van der Waals surface area contributed by atoms with Crippen molar-refractivity contribution in [2.24, 2.45) is 0 Å². The Kier molecular flexibility index (Phi) is 1440. The molecule has 0 atom stereocenters. The Bertz CT molecular complexity index is 16.0. The second-order valence-electron chi connectivity index (χ2n) is 0. The first-order valence-corrected chi connectivity index (χ1v) is 0.508. The van der Waals surface area contributed by atoms with Crippen LogP contribution in [0.2, 0.25) is 0 Å². The van der Waals surface area contributed by atoms with Crippen molar-refractivity contribution in [1.82, 2.24) is 0 Å². The molecule has 0 saturated heterocycles. The molecule has 0 spiro atoms. The van der Waals surface area contributed by atoms with Crippen molar-refractivity contribution in [3.63, 3.8) is 0 Å². The van der Waals surface area contributed by atoms with Gasteiger partial charge in [0, 0.05) is 0 Å². The summed E-state index contributed by atoms with van der Waals surface area (Å²) in [4.78, 5) is 0. The summed E-state index contributed by atoms with van der Waals surface area (Å²) < 4.78 is 7.81. The minimum absolute atomic E-state index is 0. The monoisotopic (exact) mass is 267 g/mol. The van der Waals surface area contributed by atoms with E-state index in [9.17, 15) is 0 Å². The van der Waals surface area contributed by atoms with Gasteiger partial charge in [-0.3, -0.25) is 0 Å². The van der Waals surface area contributed by atoms with E-state index in [1.165, 1.54) is 0 Å². The average Bonchev–Trinajstić information content (AvgIpc) is 1.00. The molecule has 4 nitrogen and oxygen atoms in total. The van der Waals surface area contributed by atoms with Crippen LogP contribution in [0, 0.1) is 0 Å². The maximum absolute atomic E-state index is 7.81. The Morgan fingerprint density at radius 2 is 0.875 bits per heavy atom. The molecule has 0 aliphatic carbocycles. The van der Waals surface area contributed by atoms with E-state index in [1.54, 1.807) is 0 Å². The largest absolute Gasteiger partial charge is 2.00 e. The molecule has 0 fully saturated rings. The van der Waals surface area contributed by atoms with Crippen LogP contribution in [0.4, 0.5) is 0 Å². The third-order valence-electron chi connectivity index (χ3n) is 0. The van der Waals surface area contributed by atoms with Gasteiger partial charge >= 0.3 is 79.7 Å². The van der Waals surface area contributed by atoms with Gasteiger partial charge in [-0.05, 0) is 0 Å². The third kappa shape index (κ3) is 91.5. The van der Waals surface area contributed by atoms with Gasteiger partial charge in [0.2, 0.25) is 0 Å². The van der Waals surface area contributed by atoms with E-state index in [-0.39, 0.29) is 76.3 Å². The average molecular weight is 269 g/mol. The summed E-state index contributed by atoms with van der Waals surface area (Å²) in [6, 6.07) is 0. The Labute approximate surface area is 95.1 Å². The van der Waals surface area contributed by atoms with Gasteiger partial charge in [0.1, 0.15) is 0 Å². The van der Waals surface area contributed by atoms with Crippen LogP contribution in [0.1, 0.15) is 0 Å². The molecule has 0 rings (SSSR count). The molecule has 0 N–H and O–H groups in total. The standard InChI is InChI=1S/Cr.Cu.Mg.4O.Zn/q+3;;+2;;3*-2;+2. The molecule has 0 aromatic heterocycles. The van der Waals surface area contributed by atoms with Crippen molar-refractivity contribution >= 4 is 23.1 Å². The molecule has 8 heavy (non-hydrogen) atoms. The van der Waals surface area contributed by atoms with Crippen molar-refractivity contribution in [3.8, 4) is 0 Å². The maximum atomic E-state index is 7.81. The molecule has 0 unspecified atom stereocenters. The summed E-state index contributed by atoms with van der Waals surface area (Å²) in [7, 11) is 0. The van der Waals surface area contributed by atoms with Gasteiger partial charge in [-0.15, -0.1) is 0 Å². The van der Waals surface area contributed by atoms with Crippen LogP contribution in [0.5, 0.6) is 0 Å².